The summed E-state index contributed by atoms with van der Waals surface area (Å²) in [6.45, 7) is 7.77. The minimum Gasteiger partial charge on any atom is -0.370 e. The number of urea groups is 1. The van der Waals surface area contributed by atoms with Crippen LogP contribution in [0.5, 0.6) is 0 Å². The van der Waals surface area contributed by atoms with Crippen molar-refractivity contribution < 1.29 is 9.59 Å². The van der Waals surface area contributed by atoms with Gasteiger partial charge in [-0.25, -0.2) is 4.79 Å². The highest BCUT2D eigenvalue weighted by atomic mass is 127. The summed E-state index contributed by atoms with van der Waals surface area (Å²) >= 11 is 5.95. The number of guanidine groups is 1. The predicted molar refractivity (Wildman–Crippen MR) is 131 cm³/mol. The number of amides is 3. The summed E-state index contributed by atoms with van der Waals surface area (Å²) in [5.74, 6) is 0.344. The van der Waals surface area contributed by atoms with Crippen LogP contribution in [0.15, 0.2) is 29.3 Å². The van der Waals surface area contributed by atoms with Gasteiger partial charge in [-0.3, -0.25) is 14.7 Å². The van der Waals surface area contributed by atoms with Gasteiger partial charge in [-0.1, -0.05) is 18.5 Å². The van der Waals surface area contributed by atoms with Crippen LogP contribution >= 0.6 is 35.6 Å². The molecule has 1 aromatic carbocycles. The summed E-state index contributed by atoms with van der Waals surface area (Å²) in [5, 5.41) is 3.49. The predicted octanol–water partition coefficient (Wildman–Crippen LogP) is 2.51. The lowest BCUT2D eigenvalue weighted by atomic mass is 9.99. The van der Waals surface area contributed by atoms with Gasteiger partial charge in [0.2, 0.25) is 0 Å². The van der Waals surface area contributed by atoms with Crippen LogP contribution in [0.4, 0.5) is 10.5 Å². The van der Waals surface area contributed by atoms with Crippen molar-refractivity contribution in [1.82, 2.24) is 15.1 Å². The van der Waals surface area contributed by atoms with Crippen molar-refractivity contribution in [1.29, 1.82) is 0 Å². The molecule has 2 fully saturated rings. The Morgan fingerprint density at radius 1 is 1.20 bits per heavy atom. The van der Waals surface area contributed by atoms with E-state index in [0.29, 0.717) is 31.9 Å². The maximum Gasteiger partial charge on any atom is 0.325 e. The number of hydrogen-bond donors (Lipinski definition) is 2. The SMILES string of the molecule is CCC1(C)NC(=O)N(CCCN=C(N)N2CCN(c3ccc(Cl)cc3)CC2)C1=O.I. The van der Waals surface area contributed by atoms with Gasteiger partial charge in [-0.05, 0) is 44.0 Å². The van der Waals surface area contributed by atoms with E-state index in [1.54, 1.807) is 6.92 Å². The Labute approximate surface area is 199 Å². The lowest BCUT2D eigenvalue weighted by Gasteiger charge is -2.36. The number of nitrogens with one attached hydrogen (secondary N) is 1. The van der Waals surface area contributed by atoms with Crippen LogP contribution in [-0.4, -0.2) is 72.5 Å². The number of anilines is 1. The third-order valence-electron chi connectivity index (χ3n) is 5.66. The second kappa shape index (κ2) is 10.5. The first-order chi connectivity index (χ1) is 13.8. The number of piperazine rings is 1. The maximum absolute atomic E-state index is 12.4. The molecule has 0 bridgehead atoms. The summed E-state index contributed by atoms with van der Waals surface area (Å²) in [7, 11) is 0. The molecule has 166 valence electrons. The van der Waals surface area contributed by atoms with Crippen LogP contribution < -0.4 is 16.0 Å². The number of carbonyl (C=O) groups excluding carboxylic acids is 2. The van der Waals surface area contributed by atoms with Crippen molar-refractivity contribution >= 4 is 59.2 Å². The zero-order valence-electron chi connectivity index (χ0n) is 17.4. The summed E-state index contributed by atoms with van der Waals surface area (Å²) < 4.78 is 0. The molecule has 3 N–H and O–H groups in total. The Balaban J connectivity index is 0.00000320. The van der Waals surface area contributed by atoms with E-state index in [-0.39, 0.29) is 35.9 Å². The first-order valence-corrected chi connectivity index (χ1v) is 10.4. The first-order valence-electron chi connectivity index (χ1n) is 10.0. The minimum absolute atomic E-state index is 0. The number of nitrogens with two attached hydrogens (primary N) is 1. The molecule has 3 amide bonds. The fourth-order valence-corrected chi connectivity index (χ4v) is 3.68. The van der Waals surface area contributed by atoms with Crippen molar-refractivity contribution in [3.63, 3.8) is 0 Å². The van der Waals surface area contributed by atoms with Crippen molar-refractivity contribution in [2.75, 3.05) is 44.2 Å². The number of halogens is 2. The molecule has 10 heteroatoms. The van der Waals surface area contributed by atoms with E-state index in [4.69, 9.17) is 17.3 Å². The summed E-state index contributed by atoms with van der Waals surface area (Å²) in [5.41, 5.74) is 6.51. The zero-order valence-corrected chi connectivity index (χ0v) is 20.5. The van der Waals surface area contributed by atoms with Crippen molar-refractivity contribution in [3.05, 3.63) is 29.3 Å². The van der Waals surface area contributed by atoms with Crippen LogP contribution in [0.3, 0.4) is 0 Å². The van der Waals surface area contributed by atoms with Crippen LogP contribution in [0, 0.1) is 0 Å². The zero-order chi connectivity index (χ0) is 21.0. The highest BCUT2D eigenvalue weighted by molar-refractivity contribution is 14.0. The van der Waals surface area contributed by atoms with E-state index in [1.807, 2.05) is 31.2 Å². The standard InChI is InChI=1S/C20H29ClN6O2.HI/c1-3-20(2)17(28)27(19(29)24-20)10-4-9-23-18(22)26-13-11-25(12-14-26)16-7-5-15(21)6-8-16;/h5-8H,3-4,9-14H2,1-2H3,(H2,22,23)(H,24,29);1H. The largest absolute Gasteiger partial charge is 0.370 e. The minimum atomic E-state index is -0.789. The summed E-state index contributed by atoms with van der Waals surface area (Å²) in [6.07, 6.45) is 1.16. The molecule has 8 nitrogen and oxygen atoms in total. The molecule has 1 aromatic rings. The molecule has 30 heavy (non-hydrogen) atoms. The van der Waals surface area contributed by atoms with E-state index in [2.05, 4.69) is 20.1 Å². The average molecular weight is 549 g/mol. The van der Waals surface area contributed by atoms with Crippen molar-refractivity contribution in [2.45, 2.75) is 32.2 Å². The average Bonchev–Trinajstić information content (AvgIpc) is 2.95. The molecule has 2 aliphatic heterocycles. The molecule has 0 radical (unpaired) electrons. The molecule has 0 aliphatic carbocycles. The Morgan fingerprint density at radius 2 is 1.83 bits per heavy atom. The summed E-state index contributed by atoms with van der Waals surface area (Å²) in [4.78, 5) is 34.5. The molecule has 2 saturated heterocycles. The lowest BCUT2D eigenvalue weighted by Crippen LogP contribution is -2.51. The number of nitrogens with zero attached hydrogens (tertiary/aromatic N) is 4. The van der Waals surface area contributed by atoms with E-state index in [1.165, 1.54) is 4.90 Å². The highest BCUT2D eigenvalue weighted by Gasteiger charge is 2.45. The number of imide groups is 1. The topological polar surface area (TPSA) is 94.3 Å². The smallest absolute Gasteiger partial charge is 0.325 e. The molecule has 2 aliphatic rings. The molecule has 2 heterocycles. The van der Waals surface area contributed by atoms with E-state index in [0.717, 1.165) is 36.9 Å². The molecular formula is C20H30ClIN6O2. The van der Waals surface area contributed by atoms with Gasteiger partial charge >= 0.3 is 6.03 Å². The third-order valence-corrected chi connectivity index (χ3v) is 5.91. The Kier molecular flexibility index (Phi) is 8.60. The number of aliphatic imine (C=N–C) groups is 1. The Morgan fingerprint density at radius 3 is 2.40 bits per heavy atom. The number of hydrogen-bond acceptors (Lipinski definition) is 4. The van der Waals surface area contributed by atoms with Crippen molar-refractivity contribution in [2.24, 2.45) is 10.7 Å². The van der Waals surface area contributed by atoms with E-state index in [9.17, 15) is 9.59 Å². The fraction of sp³-hybridized carbons (Fsp3) is 0.550. The van der Waals surface area contributed by atoms with Gasteiger partial charge in [0.15, 0.2) is 5.96 Å². The summed E-state index contributed by atoms with van der Waals surface area (Å²) in [6, 6.07) is 7.51. The van der Waals surface area contributed by atoms with Gasteiger partial charge in [-0.2, -0.15) is 0 Å². The van der Waals surface area contributed by atoms with E-state index < -0.39 is 5.54 Å². The second-order valence-corrected chi connectivity index (χ2v) is 8.05. The van der Waals surface area contributed by atoms with Gasteiger partial charge < -0.3 is 20.9 Å². The Bertz CT molecular complexity index is 782. The molecule has 1 unspecified atom stereocenters. The monoisotopic (exact) mass is 548 g/mol. The number of benzene rings is 1. The van der Waals surface area contributed by atoms with Gasteiger partial charge in [0.25, 0.3) is 5.91 Å². The van der Waals surface area contributed by atoms with Crippen LogP contribution in [0.1, 0.15) is 26.7 Å². The Hall–Kier alpha value is -1.75. The van der Waals surface area contributed by atoms with Crippen molar-refractivity contribution in [3.8, 4) is 0 Å². The molecule has 0 saturated carbocycles. The van der Waals surface area contributed by atoms with Gasteiger partial charge in [0.1, 0.15) is 5.54 Å². The van der Waals surface area contributed by atoms with Crippen LogP contribution in [-0.2, 0) is 4.79 Å². The van der Waals surface area contributed by atoms with Crippen LogP contribution in [0.2, 0.25) is 5.02 Å². The molecule has 0 spiro atoms. The first kappa shape index (κ1) is 24.5. The lowest BCUT2D eigenvalue weighted by molar-refractivity contribution is -0.130. The molecule has 0 aromatic heterocycles. The maximum atomic E-state index is 12.4. The van der Waals surface area contributed by atoms with Gasteiger partial charge in [0.05, 0.1) is 0 Å². The molecule has 3 rings (SSSR count). The second-order valence-electron chi connectivity index (χ2n) is 7.62. The van der Waals surface area contributed by atoms with Gasteiger partial charge in [-0.15, -0.1) is 24.0 Å². The van der Waals surface area contributed by atoms with Gasteiger partial charge in [0, 0.05) is 50.0 Å². The fourth-order valence-electron chi connectivity index (χ4n) is 3.56. The highest BCUT2D eigenvalue weighted by Crippen LogP contribution is 2.21. The number of carbonyl (C=O) groups is 2. The van der Waals surface area contributed by atoms with Crippen LogP contribution in [0.25, 0.3) is 0 Å². The quantitative estimate of drug-likeness (QED) is 0.187. The normalized spacial score (nSPS) is 22.2. The third kappa shape index (κ3) is 5.48. The molecular weight excluding hydrogens is 519 g/mol. The molecule has 1 atom stereocenters. The van der Waals surface area contributed by atoms with E-state index >= 15 is 0 Å². The number of rotatable bonds is 6.